The first-order valence-corrected chi connectivity index (χ1v) is 3.13. The zero-order valence-electron chi connectivity index (χ0n) is 6.43. The van der Waals surface area contributed by atoms with E-state index in [1.807, 2.05) is 13.8 Å². The van der Waals surface area contributed by atoms with Crippen molar-refractivity contribution < 1.29 is 4.74 Å². The molecule has 10 heavy (non-hydrogen) atoms. The summed E-state index contributed by atoms with van der Waals surface area (Å²) in [6.45, 7) is 3.87. The van der Waals surface area contributed by atoms with Crippen molar-refractivity contribution in [3.05, 3.63) is 23.5 Å². The van der Waals surface area contributed by atoms with Crippen molar-refractivity contribution in [1.82, 2.24) is 4.98 Å². The van der Waals surface area contributed by atoms with Gasteiger partial charge in [-0.05, 0) is 13.8 Å². The summed E-state index contributed by atoms with van der Waals surface area (Å²) in [5, 5.41) is 0. The highest BCUT2D eigenvalue weighted by atomic mass is 16.5. The van der Waals surface area contributed by atoms with Gasteiger partial charge in [0.2, 0.25) is 0 Å². The fourth-order valence-corrected chi connectivity index (χ4v) is 0.922. The van der Waals surface area contributed by atoms with Gasteiger partial charge in [0.05, 0.1) is 12.8 Å². The Morgan fingerprint density at radius 2 is 2.20 bits per heavy atom. The normalized spacial score (nSPS) is 9.50. The molecule has 0 aromatic carbocycles. The van der Waals surface area contributed by atoms with Crippen LogP contribution in [-0.2, 0) is 0 Å². The van der Waals surface area contributed by atoms with Gasteiger partial charge in [0.15, 0.2) is 0 Å². The van der Waals surface area contributed by atoms with Crippen molar-refractivity contribution in [1.29, 1.82) is 0 Å². The van der Waals surface area contributed by atoms with E-state index in [2.05, 4.69) is 11.1 Å². The predicted molar refractivity (Wildman–Crippen MR) is 39.1 cm³/mol. The van der Waals surface area contributed by atoms with Gasteiger partial charge < -0.3 is 4.74 Å². The Morgan fingerprint density at radius 1 is 1.50 bits per heavy atom. The molecule has 0 saturated heterocycles. The van der Waals surface area contributed by atoms with E-state index < -0.39 is 0 Å². The van der Waals surface area contributed by atoms with Gasteiger partial charge in [-0.15, -0.1) is 0 Å². The summed E-state index contributed by atoms with van der Waals surface area (Å²) >= 11 is 0. The Labute approximate surface area is 60.9 Å². The number of ether oxygens (including phenoxy) is 1. The van der Waals surface area contributed by atoms with Crippen molar-refractivity contribution in [3.8, 4) is 5.75 Å². The van der Waals surface area contributed by atoms with Crippen LogP contribution in [0, 0.1) is 19.9 Å². The molecule has 1 aromatic rings. The van der Waals surface area contributed by atoms with E-state index in [-0.39, 0.29) is 0 Å². The molecule has 53 valence electrons. The zero-order chi connectivity index (χ0) is 7.56. The van der Waals surface area contributed by atoms with Crippen molar-refractivity contribution >= 4 is 0 Å². The Bertz CT molecular complexity index is 212. The predicted octanol–water partition coefficient (Wildman–Crippen LogP) is 1.51. The fraction of sp³-hybridized carbons (Fsp3) is 0.375. The molecule has 0 bridgehead atoms. The lowest BCUT2D eigenvalue weighted by atomic mass is 10.2. The average Bonchev–Trinajstić information content (AvgIpc) is 1.88. The third-order valence-electron chi connectivity index (χ3n) is 1.41. The van der Waals surface area contributed by atoms with Crippen LogP contribution in [0.25, 0.3) is 0 Å². The molecular formula is C8H10NO. The molecule has 0 unspecified atom stereocenters. The maximum absolute atomic E-state index is 5.08. The summed E-state index contributed by atoms with van der Waals surface area (Å²) in [7, 11) is 1.64. The maximum atomic E-state index is 5.08. The maximum Gasteiger partial charge on any atom is 0.143 e. The van der Waals surface area contributed by atoms with E-state index in [9.17, 15) is 0 Å². The van der Waals surface area contributed by atoms with Crippen LogP contribution in [0.3, 0.4) is 0 Å². The van der Waals surface area contributed by atoms with Gasteiger partial charge in [-0.25, -0.2) is 0 Å². The summed E-state index contributed by atoms with van der Waals surface area (Å²) in [4.78, 5) is 4.03. The summed E-state index contributed by atoms with van der Waals surface area (Å²) in [6, 6.07) is 2.96. The summed E-state index contributed by atoms with van der Waals surface area (Å²) in [6.07, 6.45) is 1.66. The van der Waals surface area contributed by atoms with Crippen LogP contribution in [0.4, 0.5) is 0 Å². The minimum atomic E-state index is 0.836. The number of pyridine rings is 1. The van der Waals surface area contributed by atoms with E-state index in [0.29, 0.717) is 0 Å². The Kier molecular flexibility index (Phi) is 1.90. The molecule has 0 aliphatic rings. The zero-order valence-corrected chi connectivity index (χ0v) is 6.43. The van der Waals surface area contributed by atoms with E-state index in [1.54, 1.807) is 13.3 Å². The largest absolute Gasteiger partial charge is 0.495 e. The van der Waals surface area contributed by atoms with Crippen LogP contribution in [0.1, 0.15) is 11.3 Å². The lowest BCUT2D eigenvalue weighted by molar-refractivity contribution is 0.406. The first-order valence-electron chi connectivity index (χ1n) is 3.13. The number of hydrogen-bond donors (Lipinski definition) is 0. The molecule has 0 atom stereocenters. The van der Waals surface area contributed by atoms with E-state index in [4.69, 9.17) is 4.74 Å². The van der Waals surface area contributed by atoms with Crippen LogP contribution in [0.15, 0.2) is 6.20 Å². The van der Waals surface area contributed by atoms with Crippen LogP contribution >= 0.6 is 0 Å². The second-order valence-electron chi connectivity index (χ2n) is 2.15. The molecule has 0 aliphatic carbocycles. The van der Waals surface area contributed by atoms with E-state index >= 15 is 0 Å². The highest BCUT2D eigenvalue weighted by Gasteiger charge is 2.00. The van der Waals surface area contributed by atoms with Crippen LogP contribution < -0.4 is 4.74 Å². The number of rotatable bonds is 1. The van der Waals surface area contributed by atoms with Crippen molar-refractivity contribution in [2.75, 3.05) is 7.11 Å². The Morgan fingerprint density at radius 3 is 2.60 bits per heavy atom. The van der Waals surface area contributed by atoms with E-state index in [0.717, 1.165) is 17.0 Å². The second-order valence-corrected chi connectivity index (χ2v) is 2.15. The van der Waals surface area contributed by atoms with Crippen LogP contribution in [0.2, 0.25) is 0 Å². The lowest BCUT2D eigenvalue weighted by Gasteiger charge is -2.04. The van der Waals surface area contributed by atoms with E-state index in [1.165, 1.54) is 0 Å². The van der Waals surface area contributed by atoms with Gasteiger partial charge in [0, 0.05) is 17.8 Å². The fourth-order valence-electron chi connectivity index (χ4n) is 0.922. The lowest BCUT2D eigenvalue weighted by Crippen LogP contribution is -1.92. The third-order valence-corrected chi connectivity index (χ3v) is 1.41. The molecule has 0 fully saturated rings. The van der Waals surface area contributed by atoms with Gasteiger partial charge >= 0.3 is 0 Å². The number of hydrogen-bond acceptors (Lipinski definition) is 2. The monoisotopic (exact) mass is 136 g/mol. The number of methoxy groups -OCH3 is 1. The number of aromatic nitrogens is 1. The van der Waals surface area contributed by atoms with Gasteiger partial charge in [-0.2, -0.15) is 0 Å². The Balaban J connectivity index is 3.17. The SMILES string of the molecule is COc1c(C)[c]cnc1C. The first-order chi connectivity index (χ1) is 4.75. The molecule has 0 amide bonds. The molecule has 1 heterocycles. The molecule has 1 radical (unpaired) electrons. The van der Waals surface area contributed by atoms with Crippen molar-refractivity contribution in [2.24, 2.45) is 0 Å². The number of aryl methyl sites for hydroxylation is 2. The molecular weight excluding hydrogens is 126 g/mol. The molecule has 2 nitrogen and oxygen atoms in total. The highest BCUT2D eigenvalue weighted by molar-refractivity contribution is 5.33. The first kappa shape index (κ1) is 7.06. The van der Waals surface area contributed by atoms with Crippen LogP contribution in [-0.4, -0.2) is 12.1 Å². The molecule has 2 heteroatoms. The van der Waals surface area contributed by atoms with Gasteiger partial charge in [-0.3, -0.25) is 4.98 Å². The van der Waals surface area contributed by atoms with Gasteiger partial charge in [-0.1, -0.05) is 0 Å². The minimum absolute atomic E-state index is 0.836. The molecule has 1 aromatic heterocycles. The quantitative estimate of drug-likeness (QED) is 0.583. The van der Waals surface area contributed by atoms with Crippen LogP contribution in [0.5, 0.6) is 5.75 Å². The van der Waals surface area contributed by atoms with Gasteiger partial charge in [0.1, 0.15) is 5.75 Å². The molecule has 0 N–H and O–H groups in total. The summed E-state index contributed by atoms with van der Waals surface area (Å²) < 4.78 is 5.08. The van der Waals surface area contributed by atoms with Gasteiger partial charge in [0.25, 0.3) is 0 Å². The third kappa shape index (κ3) is 1.10. The Hall–Kier alpha value is -1.05. The standard InChI is InChI=1S/C8H10NO/c1-6-4-5-9-7(2)8(6)10-3/h5H,1-3H3. The molecule has 0 saturated carbocycles. The summed E-state index contributed by atoms with van der Waals surface area (Å²) in [5.41, 5.74) is 1.92. The smallest absolute Gasteiger partial charge is 0.143 e. The molecule has 1 rings (SSSR count). The number of nitrogens with zero attached hydrogens (tertiary/aromatic N) is 1. The second kappa shape index (κ2) is 2.69. The summed E-state index contributed by atoms with van der Waals surface area (Å²) in [5.74, 6) is 0.836. The highest BCUT2D eigenvalue weighted by Crippen LogP contribution is 2.18. The topological polar surface area (TPSA) is 22.1 Å². The van der Waals surface area contributed by atoms with Crippen molar-refractivity contribution in [2.45, 2.75) is 13.8 Å². The molecule has 0 spiro atoms. The average molecular weight is 136 g/mol. The minimum Gasteiger partial charge on any atom is -0.495 e. The molecule has 0 aliphatic heterocycles. The van der Waals surface area contributed by atoms with Crippen molar-refractivity contribution in [3.63, 3.8) is 0 Å².